The van der Waals surface area contributed by atoms with Crippen molar-refractivity contribution in [2.24, 2.45) is 5.92 Å². The third-order valence-corrected chi connectivity index (χ3v) is 3.00. The molecule has 0 radical (unpaired) electrons. The molecule has 0 aromatic heterocycles. The molecule has 1 aromatic carbocycles. The molecule has 0 amide bonds. The molecule has 0 saturated carbocycles. The van der Waals surface area contributed by atoms with E-state index in [9.17, 15) is 0 Å². The topological polar surface area (TPSA) is 21.3 Å². The van der Waals surface area contributed by atoms with Crippen LogP contribution >= 0.6 is 0 Å². The maximum Gasteiger partial charge on any atom is 0.127 e. The highest BCUT2D eigenvalue weighted by molar-refractivity contribution is 5.68. The number of rotatable bonds is 8. The van der Waals surface area contributed by atoms with Crippen molar-refractivity contribution in [2.75, 3.05) is 13.1 Å². The number of hydrogen-bond donors (Lipinski definition) is 1. The highest BCUT2D eigenvalue weighted by atomic mass is 16.5. The van der Waals surface area contributed by atoms with E-state index < -0.39 is 0 Å². The molecule has 112 valence electrons. The predicted molar refractivity (Wildman–Crippen MR) is 88.2 cm³/mol. The first-order valence-electron chi connectivity index (χ1n) is 7.64. The van der Waals surface area contributed by atoms with E-state index in [1.165, 1.54) is 11.1 Å². The highest BCUT2D eigenvalue weighted by Crippen LogP contribution is 2.26. The third kappa shape index (κ3) is 6.25. The van der Waals surface area contributed by atoms with Crippen molar-refractivity contribution < 1.29 is 4.74 Å². The van der Waals surface area contributed by atoms with Gasteiger partial charge in [0.2, 0.25) is 0 Å². The van der Waals surface area contributed by atoms with Gasteiger partial charge in [0.05, 0.1) is 6.10 Å². The molecule has 0 aliphatic carbocycles. The zero-order valence-corrected chi connectivity index (χ0v) is 13.6. The van der Waals surface area contributed by atoms with Gasteiger partial charge in [-0.15, -0.1) is 0 Å². The molecular formula is C18H29NO. The van der Waals surface area contributed by atoms with Crippen LogP contribution in [0.3, 0.4) is 0 Å². The van der Waals surface area contributed by atoms with E-state index in [-0.39, 0.29) is 6.10 Å². The summed E-state index contributed by atoms with van der Waals surface area (Å²) in [6, 6.07) is 8.27. The van der Waals surface area contributed by atoms with E-state index in [0.29, 0.717) is 5.92 Å². The first kappa shape index (κ1) is 16.8. The Morgan fingerprint density at radius 2 is 1.90 bits per heavy atom. The minimum atomic E-state index is 0.205. The second-order valence-corrected chi connectivity index (χ2v) is 5.94. The molecule has 20 heavy (non-hydrogen) atoms. The van der Waals surface area contributed by atoms with Crippen LogP contribution in [0.4, 0.5) is 0 Å². The van der Waals surface area contributed by atoms with Crippen molar-refractivity contribution in [2.45, 2.75) is 47.1 Å². The Bertz CT molecular complexity index is 421. The van der Waals surface area contributed by atoms with Crippen LogP contribution < -0.4 is 10.1 Å². The number of hydrogen-bond acceptors (Lipinski definition) is 2. The molecule has 0 unspecified atom stereocenters. The number of nitrogens with one attached hydrogen (secondary N) is 1. The molecule has 2 heteroatoms. The first-order valence-corrected chi connectivity index (χ1v) is 7.64. The van der Waals surface area contributed by atoms with E-state index in [0.717, 1.165) is 25.3 Å². The maximum atomic E-state index is 5.87. The van der Waals surface area contributed by atoms with Gasteiger partial charge in [-0.05, 0) is 57.8 Å². The summed E-state index contributed by atoms with van der Waals surface area (Å²) in [4.78, 5) is 0. The van der Waals surface area contributed by atoms with Gasteiger partial charge in [0, 0.05) is 5.56 Å². The van der Waals surface area contributed by atoms with Crippen molar-refractivity contribution in [1.82, 2.24) is 5.32 Å². The van der Waals surface area contributed by atoms with Crippen LogP contribution in [-0.2, 0) is 0 Å². The molecule has 0 aliphatic heterocycles. The van der Waals surface area contributed by atoms with Crippen LogP contribution in [0, 0.1) is 5.92 Å². The van der Waals surface area contributed by atoms with E-state index in [4.69, 9.17) is 4.74 Å². The molecule has 0 saturated heterocycles. The second kappa shape index (κ2) is 8.80. The van der Waals surface area contributed by atoms with Gasteiger partial charge < -0.3 is 10.1 Å². The van der Waals surface area contributed by atoms with Crippen molar-refractivity contribution in [3.05, 3.63) is 35.9 Å². The quantitative estimate of drug-likeness (QED) is 0.705. The van der Waals surface area contributed by atoms with Crippen molar-refractivity contribution >= 4 is 5.57 Å². The molecule has 1 aromatic rings. The molecule has 0 fully saturated rings. The van der Waals surface area contributed by atoms with E-state index >= 15 is 0 Å². The number of benzene rings is 1. The molecule has 0 atom stereocenters. The van der Waals surface area contributed by atoms with Crippen molar-refractivity contribution in [3.8, 4) is 5.75 Å². The summed E-state index contributed by atoms with van der Waals surface area (Å²) in [7, 11) is 0. The fourth-order valence-corrected chi connectivity index (χ4v) is 2.04. The lowest BCUT2D eigenvalue weighted by Crippen LogP contribution is -2.20. The van der Waals surface area contributed by atoms with Gasteiger partial charge in [0.15, 0.2) is 0 Å². The summed E-state index contributed by atoms with van der Waals surface area (Å²) in [6.45, 7) is 12.9. The standard InChI is InChI=1S/C18H29NO/c1-14(2)13-19-12-8-9-16(5)17-10-6-7-11-18(17)20-15(3)4/h6-7,9-11,14-15,19H,8,12-13H2,1-5H3/b16-9-. The lowest BCUT2D eigenvalue weighted by atomic mass is 10.1. The summed E-state index contributed by atoms with van der Waals surface area (Å²) in [5, 5.41) is 3.46. The number of ether oxygens (including phenoxy) is 1. The van der Waals surface area contributed by atoms with Crippen LogP contribution in [0.2, 0.25) is 0 Å². The van der Waals surface area contributed by atoms with E-state index in [1.807, 2.05) is 12.1 Å². The first-order chi connectivity index (χ1) is 9.50. The molecule has 2 nitrogen and oxygen atoms in total. The number of para-hydroxylation sites is 1. The molecule has 0 bridgehead atoms. The van der Waals surface area contributed by atoms with Gasteiger partial charge in [-0.3, -0.25) is 0 Å². The summed E-state index contributed by atoms with van der Waals surface area (Å²) in [6.07, 6.45) is 3.54. The average molecular weight is 275 g/mol. The highest BCUT2D eigenvalue weighted by Gasteiger charge is 2.06. The van der Waals surface area contributed by atoms with Gasteiger partial charge >= 0.3 is 0 Å². The SMILES string of the molecule is C/C(=C/CCNCC(C)C)c1ccccc1OC(C)C. The van der Waals surface area contributed by atoms with Crippen molar-refractivity contribution in [1.29, 1.82) is 0 Å². The number of allylic oxidation sites excluding steroid dienone is 1. The second-order valence-electron chi connectivity index (χ2n) is 5.94. The molecule has 1 N–H and O–H groups in total. The summed E-state index contributed by atoms with van der Waals surface area (Å²) >= 11 is 0. The molecular weight excluding hydrogens is 246 g/mol. The van der Waals surface area contributed by atoms with Gasteiger partial charge in [0.25, 0.3) is 0 Å². The van der Waals surface area contributed by atoms with Gasteiger partial charge in [-0.1, -0.05) is 38.1 Å². The van der Waals surface area contributed by atoms with Crippen molar-refractivity contribution in [3.63, 3.8) is 0 Å². The Balaban J connectivity index is 2.59. The Morgan fingerprint density at radius 1 is 1.20 bits per heavy atom. The Labute approximate surface area is 124 Å². The van der Waals surface area contributed by atoms with Crippen LogP contribution in [-0.4, -0.2) is 19.2 Å². The van der Waals surface area contributed by atoms with Gasteiger partial charge in [-0.25, -0.2) is 0 Å². The summed E-state index contributed by atoms with van der Waals surface area (Å²) in [5.41, 5.74) is 2.48. The third-order valence-electron chi connectivity index (χ3n) is 3.00. The van der Waals surface area contributed by atoms with Crippen LogP contribution in [0.25, 0.3) is 5.57 Å². The fourth-order valence-electron chi connectivity index (χ4n) is 2.04. The zero-order chi connectivity index (χ0) is 15.0. The maximum absolute atomic E-state index is 5.87. The lowest BCUT2D eigenvalue weighted by molar-refractivity contribution is 0.242. The van der Waals surface area contributed by atoms with E-state index in [1.54, 1.807) is 0 Å². The Kier molecular flexibility index (Phi) is 7.38. The van der Waals surface area contributed by atoms with E-state index in [2.05, 4.69) is 58.1 Å². The van der Waals surface area contributed by atoms with Gasteiger partial charge in [0.1, 0.15) is 5.75 Å². The monoisotopic (exact) mass is 275 g/mol. The molecule has 0 spiro atoms. The smallest absolute Gasteiger partial charge is 0.127 e. The lowest BCUT2D eigenvalue weighted by Gasteiger charge is -2.14. The zero-order valence-electron chi connectivity index (χ0n) is 13.6. The van der Waals surface area contributed by atoms with Crippen LogP contribution in [0.1, 0.15) is 46.6 Å². The normalized spacial score (nSPS) is 12.2. The average Bonchev–Trinajstić information content (AvgIpc) is 2.37. The van der Waals surface area contributed by atoms with Gasteiger partial charge in [-0.2, -0.15) is 0 Å². The molecule has 0 heterocycles. The summed E-state index contributed by atoms with van der Waals surface area (Å²) in [5.74, 6) is 1.69. The van der Waals surface area contributed by atoms with Crippen LogP contribution in [0.15, 0.2) is 30.3 Å². The molecule has 1 rings (SSSR count). The Morgan fingerprint density at radius 3 is 2.55 bits per heavy atom. The minimum Gasteiger partial charge on any atom is -0.490 e. The molecule has 0 aliphatic rings. The summed E-state index contributed by atoms with van der Waals surface area (Å²) < 4.78 is 5.87. The predicted octanol–water partition coefficient (Wildman–Crippen LogP) is 4.51. The van der Waals surface area contributed by atoms with Crippen LogP contribution in [0.5, 0.6) is 5.75 Å². The Hall–Kier alpha value is -1.28. The minimum absolute atomic E-state index is 0.205. The fraction of sp³-hybridized carbons (Fsp3) is 0.556. The largest absolute Gasteiger partial charge is 0.490 e.